The van der Waals surface area contributed by atoms with Gasteiger partial charge in [0.25, 0.3) is 5.91 Å². The quantitative estimate of drug-likeness (QED) is 0.654. The van der Waals surface area contributed by atoms with Crippen LogP contribution in [-0.2, 0) is 0 Å². The number of ether oxygens (including phenoxy) is 1. The normalized spacial score (nSPS) is 10.2. The molecule has 0 unspecified atom stereocenters. The van der Waals surface area contributed by atoms with Gasteiger partial charge in [0, 0.05) is 19.7 Å². The number of para-hydroxylation sites is 1. The number of nitrogens with zero attached hydrogens (tertiary/aromatic N) is 1. The molecule has 0 aliphatic rings. The van der Waals surface area contributed by atoms with E-state index < -0.39 is 0 Å². The molecule has 104 valence electrons. The molecule has 0 aliphatic heterocycles. The molecule has 0 saturated heterocycles. The fraction of sp³-hybridized carbons (Fsp3) is 0.133. The lowest BCUT2D eigenvalue weighted by Gasteiger charge is -2.14. The molecule has 0 bridgehead atoms. The Hall–Kier alpha value is -1.76. The van der Waals surface area contributed by atoms with E-state index in [1.165, 1.54) is 4.90 Å². The minimum absolute atomic E-state index is 0.0855. The summed E-state index contributed by atoms with van der Waals surface area (Å²) in [4.78, 5) is 13.5. The van der Waals surface area contributed by atoms with Gasteiger partial charge in [-0.2, -0.15) is 0 Å². The molecular weight excluding hydrogens is 367 g/mol. The minimum atomic E-state index is -0.0855. The molecule has 4 nitrogen and oxygen atoms in total. The van der Waals surface area contributed by atoms with E-state index in [2.05, 4.69) is 22.6 Å². The van der Waals surface area contributed by atoms with E-state index in [9.17, 15) is 4.79 Å². The zero-order chi connectivity index (χ0) is 14.7. The highest BCUT2D eigenvalue weighted by atomic mass is 127. The summed E-state index contributed by atoms with van der Waals surface area (Å²) in [6, 6.07) is 12.7. The standard InChI is InChI=1S/C15H15IN2O2/c1-18(2)15(19)10-7-8-12(17)14(9-10)20-13-6-4-3-5-11(13)16/h3-9H,17H2,1-2H3. The lowest BCUT2D eigenvalue weighted by Crippen LogP contribution is -2.21. The molecule has 1 amide bonds. The van der Waals surface area contributed by atoms with Crippen LogP contribution in [0, 0.1) is 3.57 Å². The highest BCUT2D eigenvalue weighted by Gasteiger charge is 2.12. The molecule has 0 heterocycles. The average molecular weight is 382 g/mol. The zero-order valence-corrected chi connectivity index (χ0v) is 13.4. The molecule has 0 fully saturated rings. The molecule has 0 aliphatic carbocycles. The fourth-order valence-electron chi connectivity index (χ4n) is 1.66. The number of halogens is 1. The Bertz CT molecular complexity index is 642. The van der Waals surface area contributed by atoms with Crippen molar-refractivity contribution in [3.63, 3.8) is 0 Å². The summed E-state index contributed by atoms with van der Waals surface area (Å²) < 4.78 is 6.79. The van der Waals surface area contributed by atoms with Gasteiger partial charge in [-0.15, -0.1) is 0 Å². The van der Waals surface area contributed by atoms with Crippen molar-refractivity contribution < 1.29 is 9.53 Å². The van der Waals surface area contributed by atoms with Crippen LogP contribution in [0.15, 0.2) is 42.5 Å². The topological polar surface area (TPSA) is 55.6 Å². The van der Waals surface area contributed by atoms with Crippen molar-refractivity contribution in [2.45, 2.75) is 0 Å². The van der Waals surface area contributed by atoms with Crippen LogP contribution >= 0.6 is 22.6 Å². The van der Waals surface area contributed by atoms with Crippen molar-refractivity contribution in [1.82, 2.24) is 4.90 Å². The van der Waals surface area contributed by atoms with Crippen molar-refractivity contribution in [3.05, 3.63) is 51.6 Å². The number of nitrogens with two attached hydrogens (primary N) is 1. The summed E-state index contributed by atoms with van der Waals surface area (Å²) in [5.74, 6) is 1.12. The molecule has 0 atom stereocenters. The minimum Gasteiger partial charge on any atom is -0.454 e. The first-order chi connectivity index (χ1) is 9.49. The number of hydrogen-bond donors (Lipinski definition) is 1. The molecule has 2 aromatic carbocycles. The van der Waals surface area contributed by atoms with Crippen LogP contribution < -0.4 is 10.5 Å². The molecule has 2 aromatic rings. The number of amides is 1. The molecule has 2 N–H and O–H groups in total. The SMILES string of the molecule is CN(C)C(=O)c1ccc(N)c(Oc2ccccc2I)c1. The largest absolute Gasteiger partial charge is 0.454 e. The lowest BCUT2D eigenvalue weighted by molar-refractivity contribution is 0.0827. The Balaban J connectivity index is 2.35. The molecule has 5 heteroatoms. The molecule has 2 rings (SSSR count). The molecular formula is C15H15IN2O2. The van der Waals surface area contributed by atoms with E-state index >= 15 is 0 Å². The maximum atomic E-state index is 12.0. The monoisotopic (exact) mass is 382 g/mol. The summed E-state index contributed by atoms with van der Waals surface area (Å²) in [7, 11) is 3.42. The van der Waals surface area contributed by atoms with Crippen LogP contribution in [0.4, 0.5) is 5.69 Å². The van der Waals surface area contributed by atoms with Crippen LogP contribution in [0.25, 0.3) is 0 Å². The van der Waals surface area contributed by atoms with Gasteiger partial charge >= 0.3 is 0 Å². The third-order valence-electron chi connectivity index (χ3n) is 2.72. The van der Waals surface area contributed by atoms with Gasteiger partial charge in [0.15, 0.2) is 5.75 Å². The van der Waals surface area contributed by atoms with Crippen LogP contribution in [0.2, 0.25) is 0 Å². The predicted octanol–water partition coefficient (Wildman–Crippen LogP) is 3.37. The van der Waals surface area contributed by atoms with Gasteiger partial charge in [-0.3, -0.25) is 4.79 Å². The van der Waals surface area contributed by atoms with Gasteiger partial charge in [-0.25, -0.2) is 0 Å². The van der Waals surface area contributed by atoms with Crippen LogP contribution in [0.1, 0.15) is 10.4 Å². The van der Waals surface area contributed by atoms with E-state index in [1.807, 2.05) is 24.3 Å². The van der Waals surface area contributed by atoms with Crippen LogP contribution in [0.3, 0.4) is 0 Å². The van der Waals surface area contributed by atoms with Gasteiger partial charge in [-0.1, -0.05) is 12.1 Å². The number of carbonyl (C=O) groups is 1. The fourth-order valence-corrected chi connectivity index (χ4v) is 2.16. The first-order valence-corrected chi connectivity index (χ1v) is 7.10. The number of anilines is 1. The summed E-state index contributed by atoms with van der Waals surface area (Å²) >= 11 is 2.19. The first kappa shape index (κ1) is 14.6. The highest BCUT2D eigenvalue weighted by molar-refractivity contribution is 14.1. The van der Waals surface area contributed by atoms with E-state index in [1.54, 1.807) is 32.3 Å². The Morgan fingerprint density at radius 3 is 2.50 bits per heavy atom. The van der Waals surface area contributed by atoms with Crippen molar-refractivity contribution >= 4 is 34.2 Å². The first-order valence-electron chi connectivity index (χ1n) is 6.02. The smallest absolute Gasteiger partial charge is 0.253 e. The van der Waals surface area contributed by atoms with Gasteiger partial charge in [0.1, 0.15) is 5.75 Å². The van der Waals surface area contributed by atoms with E-state index in [0.29, 0.717) is 22.7 Å². The summed E-state index contributed by atoms with van der Waals surface area (Å²) in [5.41, 5.74) is 6.96. The van der Waals surface area contributed by atoms with Gasteiger partial charge in [0.05, 0.1) is 9.26 Å². The molecule has 0 spiro atoms. The van der Waals surface area contributed by atoms with Gasteiger partial charge in [-0.05, 0) is 52.9 Å². The molecule has 20 heavy (non-hydrogen) atoms. The van der Waals surface area contributed by atoms with E-state index in [0.717, 1.165) is 3.57 Å². The number of hydrogen-bond acceptors (Lipinski definition) is 3. The molecule has 0 aromatic heterocycles. The second-order valence-corrected chi connectivity index (χ2v) is 5.65. The molecule has 0 radical (unpaired) electrons. The summed E-state index contributed by atoms with van der Waals surface area (Å²) in [5, 5.41) is 0. The van der Waals surface area contributed by atoms with Crippen molar-refractivity contribution in [2.75, 3.05) is 19.8 Å². The summed E-state index contributed by atoms with van der Waals surface area (Å²) in [6.07, 6.45) is 0. The van der Waals surface area contributed by atoms with Crippen molar-refractivity contribution in [2.24, 2.45) is 0 Å². The van der Waals surface area contributed by atoms with Crippen LogP contribution in [0.5, 0.6) is 11.5 Å². The third-order valence-corrected chi connectivity index (χ3v) is 3.61. The average Bonchev–Trinajstić information content (AvgIpc) is 2.42. The van der Waals surface area contributed by atoms with E-state index in [4.69, 9.17) is 10.5 Å². The van der Waals surface area contributed by atoms with E-state index in [-0.39, 0.29) is 5.91 Å². The maximum Gasteiger partial charge on any atom is 0.253 e. The predicted molar refractivity (Wildman–Crippen MR) is 88.1 cm³/mol. The van der Waals surface area contributed by atoms with Crippen LogP contribution in [-0.4, -0.2) is 24.9 Å². The number of nitrogen functional groups attached to an aromatic ring is 1. The Kier molecular flexibility index (Phi) is 4.49. The second kappa shape index (κ2) is 6.13. The highest BCUT2D eigenvalue weighted by Crippen LogP contribution is 2.31. The van der Waals surface area contributed by atoms with Gasteiger partial charge < -0.3 is 15.4 Å². The Morgan fingerprint density at radius 1 is 1.15 bits per heavy atom. The lowest BCUT2D eigenvalue weighted by atomic mass is 10.1. The third kappa shape index (κ3) is 3.22. The maximum absolute atomic E-state index is 12.0. The molecule has 0 saturated carbocycles. The number of carbonyl (C=O) groups excluding carboxylic acids is 1. The number of benzene rings is 2. The number of rotatable bonds is 3. The Labute approximate surface area is 131 Å². The van der Waals surface area contributed by atoms with Gasteiger partial charge in [0.2, 0.25) is 0 Å². The summed E-state index contributed by atoms with van der Waals surface area (Å²) in [6.45, 7) is 0. The second-order valence-electron chi connectivity index (χ2n) is 4.48. The zero-order valence-electron chi connectivity index (χ0n) is 11.3. The van der Waals surface area contributed by atoms with Crippen molar-refractivity contribution in [3.8, 4) is 11.5 Å². The van der Waals surface area contributed by atoms with Crippen molar-refractivity contribution in [1.29, 1.82) is 0 Å². The Morgan fingerprint density at radius 2 is 1.85 bits per heavy atom.